The summed E-state index contributed by atoms with van der Waals surface area (Å²) in [5.74, 6) is 0. The molecule has 62 heavy (non-hydrogen) atoms. The summed E-state index contributed by atoms with van der Waals surface area (Å²) < 4.78 is 0. The summed E-state index contributed by atoms with van der Waals surface area (Å²) in [7, 11) is 0. The van der Waals surface area contributed by atoms with Gasteiger partial charge in [0.15, 0.2) is 0 Å². The number of rotatable bonds is 16. The van der Waals surface area contributed by atoms with Crippen molar-refractivity contribution in [3.8, 4) is 22.3 Å². The van der Waals surface area contributed by atoms with Gasteiger partial charge >= 0.3 is 0 Å². The first-order valence-electron chi connectivity index (χ1n) is 24.2. The number of aromatic nitrogens is 2. The third-order valence-corrected chi connectivity index (χ3v) is 13.3. The molecule has 4 aliphatic heterocycles. The van der Waals surface area contributed by atoms with Crippen molar-refractivity contribution in [2.75, 3.05) is 78.5 Å². The van der Waals surface area contributed by atoms with Crippen LogP contribution in [0.3, 0.4) is 0 Å². The Balaban J connectivity index is 0.992. The molecule has 0 amide bonds. The summed E-state index contributed by atoms with van der Waals surface area (Å²) in [4.78, 5) is 20.8. The smallest absolute Gasteiger partial charge is 0.0979 e. The van der Waals surface area contributed by atoms with Gasteiger partial charge in [0.2, 0.25) is 0 Å². The second kappa shape index (κ2) is 21.8. The maximum absolute atomic E-state index is 5.36. The van der Waals surface area contributed by atoms with Gasteiger partial charge in [0.05, 0.1) is 22.4 Å². The van der Waals surface area contributed by atoms with Gasteiger partial charge < -0.3 is 0 Å². The fraction of sp³-hybridized carbons (Fsp3) is 0.500. The second-order valence-electron chi connectivity index (χ2n) is 17.8. The van der Waals surface area contributed by atoms with Crippen LogP contribution in [0.1, 0.15) is 101 Å². The van der Waals surface area contributed by atoms with E-state index in [2.05, 4.69) is 115 Å². The number of piperidine rings is 4. The Labute approximate surface area is 370 Å². The van der Waals surface area contributed by atoms with Crippen LogP contribution in [0.15, 0.2) is 94.9 Å². The van der Waals surface area contributed by atoms with Crippen molar-refractivity contribution in [2.45, 2.75) is 89.9 Å². The molecule has 2 aromatic heterocycles. The largest absolute Gasteiger partial charge is 0.291 e. The monoisotopic (exact) mass is 833 g/mol. The average molecular weight is 833 g/mol. The molecule has 326 valence electrons. The Hall–Kier alpha value is -4.42. The van der Waals surface area contributed by atoms with Crippen molar-refractivity contribution in [3.63, 3.8) is 0 Å². The van der Waals surface area contributed by atoms with E-state index in [-0.39, 0.29) is 0 Å². The minimum Gasteiger partial charge on any atom is -0.291 e. The van der Waals surface area contributed by atoms with Crippen LogP contribution in [-0.2, 0) is 0 Å². The zero-order valence-electron chi connectivity index (χ0n) is 37.1. The molecule has 3 aromatic carbocycles. The predicted octanol–water partition coefficient (Wildman–Crippen LogP) is 9.94. The lowest BCUT2D eigenvalue weighted by molar-refractivity contribution is -0.198. The summed E-state index contributed by atoms with van der Waals surface area (Å²) in [5, 5.41) is 17.8. The molecular formula is C52H68N10. The van der Waals surface area contributed by atoms with Crippen LogP contribution in [-0.4, -0.2) is 131 Å². The molecule has 4 aliphatic rings. The third kappa shape index (κ3) is 10.7. The molecule has 10 heteroatoms. The van der Waals surface area contributed by atoms with Gasteiger partial charge in [0, 0.05) is 102 Å². The molecule has 0 atom stereocenters. The van der Waals surface area contributed by atoms with Gasteiger partial charge in [-0.05, 0) is 98.6 Å². The molecule has 0 aliphatic carbocycles. The van der Waals surface area contributed by atoms with Crippen LogP contribution in [0.25, 0.3) is 44.1 Å². The highest BCUT2D eigenvalue weighted by molar-refractivity contribution is 6.13. The molecule has 0 bridgehead atoms. The van der Waals surface area contributed by atoms with Crippen molar-refractivity contribution in [3.05, 3.63) is 96.3 Å². The summed E-state index contributed by atoms with van der Waals surface area (Å²) in [6.07, 6.45) is 21.7. The Kier molecular flexibility index (Phi) is 15.1. The second-order valence-corrected chi connectivity index (χ2v) is 17.8. The Bertz CT molecular complexity index is 2030. The summed E-state index contributed by atoms with van der Waals surface area (Å²) in [5.41, 5.74) is 8.15. The molecule has 0 spiro atoms. The van der Waals surface area contributed by atoms with Gasteiger partial charge in [0.1, 0.15) is 0 Å². The fourth-order valence-corrected chi connectivity index (χ4v) is 10.1. The molecule has 0 radical (unpaired) electrons. The highest BCUT2D eigenvalue weighted by Gasteiger charge is 2.26. The number of hydrazine groups is 4. The van der Waals surface area contributed by atoms with Gasteiger partial charge in [-0.15, -0.1) is 0 Å². The lowest BCUT2D eigenvalue weighted by Gasteiger charge is -2.45. The van der Waals surface area contributed by atoms with E-state index in [1.165, 1.54) is 129 Å². The fourth-order valence-electron chi connectivity index (χ4n) is 10.1. The molecule has 4 fully saturated rings. The minimum absolute atomic E-state index is 0.763. The number of fused-ring (bicyclic) bond motifs is 3. The van der Waals surface area contributed by atoms with Gasteiger partial charge in [-0.3, -0.25) is 9.98 Å². The van der Waals surface area contributed by atoms with E-state index in [9.17, 15) is 0 Å². The number of nitrogens with zero attached hydrogens (tertiary/aromatic N) is 10. The summed E-state index contributed by atoms with van der Waals surface area (Å²) in [6.45, 7) is 12.9. The summed E-state index contributed by atoms with van der Waals surface area (Å²) >= 11 is 0. The van der Waals surface area contributed by atoms with E-state index in [0.717, 1.165) is 94.5 Å². The van der Waals surface area contributed by atoms with Crippen LogP contribution in [0, 0.1) is 0 Å². The van der Waals surface area contributed by atoms with Crippen LogP contribution in [0.2, 0.25) is 0 Å². The van der Waals surface area contributed by atoms with Crippen molar-refractivity contribution in [1.29, 1.82) is 0 Å². The maximum atomic E-state index is 5.36. The third-order valence-electron chi connectivity index (χ3n) is 13.3. The first kappa shape index (κ1) is 42.9. The van der Waals surface area contributed by atoms with Crippen molar-refractivity contribution in [2.24, 2.45) is 9.98 Å². The Morgan fingerprint density at radius 3 is 1.11 bits per heavy atom. The van der Waals surface area contributed by atoms with Crippen LogP contribution in [0.4, 0.5) is 0 Å². The topological polar surface area (TPSA) is 69.9 Å². The molecule has 4 saturated heterocycles. The van der Waals surface area contributed by atoms with Crippen LogP contribution >= 0.6 is 0 Å². The van der Waals surface area contributed by atoms with Crippen LogP contribution in [0.5, 0.6) is 0 Å². The van der Waals surface area contributed by atoms with Gasteiger partial charge in [-0.25, -0.2) is 30.0 Å². The normalized spacial score (nSPS) is 19.3. The SMILES string of the molecule is C(=NCCCN(N1CCCCC1)N1CCCCC1)c1cc(-c2ccccc2)c2ccc3c(-c4ccccc4)cc(C=NCCCN(N4CCCCC4)N4CCCCC4)nc3c2n1. The average Bonchev–Trinajstić information content (AvgIpc) is 3.35. The van der Waals surface area contributed by atoms with E-state index in [1.807, 2.05) is 12.4 Å². The Morgan fingerprint density at radius 2 is 0.774 bits per heavy atom. The zero-order valence-corrected chi connectivity index (χ0v) is 37.1. The van der Waals surface area contributed by atoms with E-state index in [0.29, 0.717) is 0 Å². The Morgan fingerprint density at radius 1 is 0.435 bits per heavy atom. The molecule has 0 unspecified atom stereocenters. The minimum atomic E-state index is 0.763. The lowest BCUT2D eigenvalue weighted by Crippen LogP contribution is -2.56. The van der Waals surface area contributed by atoms with Crippen LogP contribution < -0.4 is 0 Å². The maximum Gasteiger partial charge on any atom is 0.0979 e. The first-order valence-corrected chi connectivity index (χ1v) is 24.2. The van der Waals surface area contributed by atoms with E-state index >= 15 is 0 Å². The number of benzene rings is 3. The lowest BCUT2D eigenvalue weighted by atomic mass is 9.95. The van der Waals surface area contributed by atoms with Gasteiger partial charge in [-0.1, -0.05) is 98.5 Å². The van der Waals surface area contributed by atoms with Gasteiger partial charge in [0.25, 0.3) is 0 Å². The number of hydrogen-bond donors (Lipinski definition) is 0. The van der Waals surface area contributed by atoms with E-state index in [4.69, 9.17) is 20.0 Å². The molecule has 6 heterocycles. The standard InChI is InChI=1S/C52H68N10/c1-7-21-43(22-8-1)49-39-45(41-53-27-19-37-61(57-29-11-3-12-30-57)58-31-13-4-14-32-58)55-51-47(49)25-26-48-50(44-23-9-2-10-24-44)40-46(56-52(48)51)42-54-28-20-38-62(59-33-15-5-16-34-59)60-35-17-6-18-36-60/h1-2,7-10,21-26,39-42H,3-6,11-20,27-38H2. The molecular weight excluding hydrogens is 765 g/mol. The van der Waals surface area contributed by atoms with Crippen molar-refractivity contribution < 1.29 is 0 Å². The molecule has 5 aromatic rings. The van der Waals surface area contributed by atoms with E-state index in [1.54, 1.807) is 0 Å². The highest BCUT2D eigenvalue weighted by atomic mass is 15.9. The predicted molar refractivity (Wildman–Crippen MR) is 257 cm³/mol. The number of aliphatic imine (C=N–C) groups is 2. The highest BCUT2D eigenvalue weighted by Crippen LogP contribution is 2.36. The van der Waals surface area contributed by atoms with Gasteiger partial charge in [-0.2, -0.15) is 10.2 Å². The van der Waals surface area contributed by atoms with Crippen molar-refractivity contribution >= 4 is 34.2 Å². The van der Waals surface area contributed by atoms with Crippen molar-refractivity contribution in [1.82, 2.24) is 40.2 Å². The number of hydrogen-bond acceptors (Lipinski definition) is 10. The number of pyridine rings is 2. The summed E-state index contributed by atoms with van der Waals surface area (Å²) in [6, 6.07) is 30.3. The first-order chi connectivity index (χ1) is 30.8. The molecule has 9 rings (SSSR count). The quantitative estimate of drug-likeness (QED) is 0.0553. The zero-order chi connectivity index (χ0) is 41.8. The molecule has 10 nitrogen and oxygen atoms in total. The molecule has 0 N–H and O–H groups in total. The molecule has 0 saturated carbocycles. The van der Waals surface area contributed by atoms with E-state index < -0.39 is 0 Å².